The van der Waals surface area contributed by atoms with Gasteiger partial charge < -0.3 is 15.0 Å². The van der Waals surface area contributed by atoms with E-state index in [9.17, 15) is 4.79 Å². The number of benzene rings is 1. The molecule has 1 aromatic rings. The molecule has 4 nitrogen and oxygen atoms in total. The Morgan fingerprint density at radius 1 is 1.37 bits per heavy atom. The van der Waals surface area contributed by atoms with Crippen LogP contribution in [0.5, 0.6) is 0 Å². The van der Waals surface area contributed by atoms with Gasteiger partial charge in [0.1, 0.15) is 6.10 Å². The van der Waals surface area contributed by atoms with Gasteiger partial charge in [-0.05, 0) is 6.07 Å². The lowest BCUT2D eigenvalue weighted by Gasteiger charge is -2.37. The molecule has 2 aliphatic rings. The topological polar surface area (TPSA) is 41.6 Å². The van der Waals surface area contributed by atoms with Crippen LogP contribution in [-0.4, -0.2) is 43.6 Å². The number of hydrogen-bond donors (Lipinski definition) is 1. The maximum atomic E-state index is 12.2. The largest absolute Gasteiger partial charge is 0.370 e. The van der Waals surface area contributed by atoms with Crippen LogP contribution in [0.3, 0.4) is 0 Å². The number of nitrogens with one attached hydrogen (secondary N) is 1. The summed E-state index contributed by atoms with van der Waals surface area (Å²) in [6, 6.07) is 7.67. The number of halogens is 1. The van der Waals surface area contributed by atoms with Crippen molar-refractivity contribution < 1.29 is 9.53 Å². The molecule has 2 heterocycles. The third-order valence-corrected chi connectivity index (χ3v) is 4.11. The maximum absolute atomic E-state index is 12.2. The normalized spacial score (nSPS) is 24.1. The lowest BCUT2D eigenvalue weighted by molar-refractivity contribution is -0.144. The molecule has 0 saturated carbocycles. The Morgan fingerprint density at radius 2 is 2.16 bits per heavy atom. The lowest BCUT2D eigenvalue weighted by atomic mass is 10.0. The van der Waals surface area contributed by atoms with E-state index in [-0.39, 0.29) is 17.9 Å². The summed E-state index contributed by atoms with van der Waals surface area (Å²) in [6.45, 7) is 3.44. The first kappa shape index (κ1) is 12.9. The molecule has 5 heteroatoms. The highest BCUT2D eigenvalue weighted by Gasteiger charge is 2.33. The molecule has 102 valence electrons. The van der Waals surface area contributed by atoms with Crippen molar-refractivity contribution in [1.29, 1.82) is 0 Å². The van der Waals surface area contributed by atoms with Gasteiger partial charge in [-0.15, -0.1) is 0 Å². The number of carbonyl (C=O) groups excluding carboxylic acids is 1. The average molecular weight is 281 g/mol. The van der Waals surface area contributed by atoms with Crippen LogP contribution in [0.15, 0.2) is 24.3 Å². The van der Waals surface area contributed by atoms with Crippen LogP contribution in [-0.2, 0) is 9.53 Å². The molecule has 0 spiro atoms. The maximum Gasteiger partial charge on any atom is 0.228 e. The van der Waals surface area contributed by atoms with E-state index < -0.39 is 0 Å². The second-order valence-corrected chi connectivity index (χ2v) is 5.43. The highest BCUT2D eigenvalue weighted by Crippen LogP contribution is 2.28. The molecular formula is C14H17ClN2O2. The molecule has 1 unspecified atom stereocenters. The molecule has 0 aliphatic carbocycles. The van der Waals surface area contributed by atoms with Gasteiger partial charge in [0, 0.05) is 30.2 Å². The summed E-state index contributed by atoms with van der Waals surface area (Å²) in [4.78, 5) is 14.1. The number of amides is 1. The molecule has 0 aromatic heterocycles. The number of morpholine rings is 1. The van der Waals surface area contributed by atoms with Crippen LogP contribution in [0.25, 0.3) is 0 Å². The van der Waals surface area contributed by atoms with Gasteiger partial charge in [0.2, 0.25) is 5.91 Å². The Hall–Kier alpha value is -1.10. The standard InChI is InChI=1S/C14H17ClN2O2/c15-12-4-2-1-3-11(12)13-9-17(5-6-19-13)14(18)10-7-16-8-10/h1-4,10,13,16H,5-9H2. The molecule has 2 aliphatic heterocycles. The van der Waals surface area contributed by atoms with Crippen LogP contribution < -0.4 is 5.32 Å². The van der Waals surface area contributed by atoms with Crippen molar-refractivity contribution in [2.45, 2.75) is 6.10 Å². The Kier molecular flexibility index (Phi) is 3.73. The fourth-order valence-electron chi connectivity index (χ4n) is 2.50. The number of ether oxygens (including phenoxy) is 1. The van der Waals surface area contributed by atoms with E-state index in [1.54, 1.807) is 0 Å². The number of carbonyl (C=O) groups is 1. The molecule has 1 N–H and O–H groups in total. The van der Waals surface area contributed by atoms with E-state index in [2.05, 4.69) is 5.32 Å². The van der Waals surface area contributed by atoms with Crippen molar-refractivity contribution in [3.63, 3.8) is 0 Å². The molecule has 19 heavy (non-hydrogen) atoms. The number of rotatable bonds is 2. The zero-order chi connectivity index (χ0) is 13.2. The summed E-state index contributed by atoms with van der Waals surface area (Å²) in [6.07, 6.45) is -0.112. The summed E-state index contributed by atoms with van der Waals surface area (Å²) in [5.41, 5.74) is 0.966. The number of nitrogens with zero attached hydrogens (tertiary/aromatic N) is 1. The summed E-state index contributed by atoms with van der Waals surface area (Å²) in [5, 5.41) is 3.83. The third-order valence-electron chi connectivity index (χ3n) is 3.76. The Labute approximate surface area is 117 Å². The monoisotopic (exact) mass is 280 g/mol. The second kappa shape index (κ2) is 5.49. The molecule has 3 rings (SSSR count). The van der Waals surface area contributed by atoms with E-state index in [1.165, 1.54) is 0 Å². The van der Waals surface area contributed by atoms with Gasteiger partial charge in [0.25, 0.3) is 0 Å². The minimum absolute atomic E-state index is 0.112. The highest BCUT2D eigenvalue weighted by atomic mass is 35.5. The quantitative estimate of drug-likeness (QED) is 0.892. The van der Waals surface area contributed by atoms with E-state index >= 15 is 0 Å². The smallest absolute Gasteiger partial charge is 0.228 e. The molecule has 2 saturated heterocycles. The van der Waals surface area contributed by atoms with Gasteiger partial charge in [0.05, 0.1) is 19.1 Å². The summed E-state index contributed by atoms with van der Waals surface area (Å²) in [7, 11) is 0. The Morgan fingerprint density at radius 3 is 2.84 bits per heavy atom. The predicted molar refractivity (Wildman–Crippen MR) is 73.1 cm³/mol. The van der Waals surface area contributed by atoms with Crippen LogP contribution >= 0.6 is 11.6 Å². The summed E-state index contributed by atoms with van der Waals surface area (Å²) >= 11 is 6.19. The highest BCUT2D eigenvalue weighted by molar-refractivity contribution is 6.31. The van der Waals surface area contributed by atoms with Gasteiger partial charge in [-0.2, -0.15) is 0 Å². The van der Waals surface area contributed by atoms with Crippen molar-refractivity contribution in [3.05, 3.63) is 34.9 Å². The summed E-state index contributed by atoms with van der Waals surface area (Å²) in [5.74, 6) is 0.379. The van der Waals surface area contributed by atoms with Crippen LogP contribution in [0.1, 0.15) is 11.7 Å². The first-order valence-corrected chi connectivity index (χ1v) is 6.99. The molecule has 1 aromatic carbocycles. The molecule has 0 radical (unpaired) electrons. The zero-order valence-electron chi connectivity index (χ0n) is 10.6. The zero-order valence-corrected chi connectivity index (χ0v) is 11.4. The minimum atomic E-state index is -0.112. The minimum Gasteiger partial charge on any atom is -0.370 e. The van der Waals surface area contributed by atoms with Crippen LogP contribution in [0.2, 0.25) is 5.02 Å². The van der Waals surface area contributed by atoms with Gasteiger partial charge in [0.15, 0.2) is 0 Å². The van der Waals surface area contributed by atoms with Crippen molar-refractivity contribution >= 4 is 17.5 Å². The van der Waals surface area contributed by atoms with Gasteiger partial charge >= 0.3 is 0 Å². The lowest BCUT2D eigenvalue weighted by Crippen LogP contribution is -2.54. The van der Waals surface area contributed by atoms with Crippen molar-refractivity contribution in [2.75, 3.05) is 32.8 Å². The van der Waals surface area contributed by atoms with Crippen molar-refractivity contribution in [1.82, 2.24) is 10.2 Å². The predicted octanol–water partition coefficient (Wildman–Crippen LogP) is 1.46. The Balaban J connectivity index is 1.71. The Bertz CT molecular complexity index is 476. The van der Waals surface area contributed by atoms with E-state index in [4.69, 9.17) is 16.3 Å². The van der Waals surface area contributed by atoms with Gasteiger partial charge in [-0.1, -0.05) is 29.8 Å². The molecule has 0 bridgehead atoms. The average Bonchev–Trinajstić information content (AvgIpc) is 2.37. The molecule has 2 fully saturated rings. The molecule has 1 atom stereocenters. The molecular weight excluding hydrogens is 264 g/mol. The van der Waals surface area contributed by atoms with Crippen molar-refractivity contribution in [2.24, 2.45) is 5.92 Å². The first-order valence-electron chi connectivity index (χ1n) is 6.61. The van der Waals surface area contributed by atoms with E-state index in [0.717, 1.165) is 18.7 Å². The van der Waals surface area contributed by atoms with Crippen LogP contribution in [0.4, 0.5) is 0 Å². The van der Waals surface area contributed by atoms with E-state index in [1.807, 2.05) is 29.2 Å². The first-order chi connectivity index (χ1) is 9.25. The van der Waals surface area contributed by atoms with Gasteiger partial charge in [-0.25, -0.2) is 0 Å². The fourth-order valence-corrected chi connectivity index (χ4v) is 2.75. The SMILES string of the molecule is O=C(C1CNC1)N1CCOC(c2ccccc2Cl)C1. The van der Waals surface area contributed by atoms with E-state index in [0.29, 0.717) is 24.7 Å². The van der Waals surface area contributed by atoms with Crippen LogP contribution in [0, 0.1) is 5.92 Å². The van der Waals surface area contributed by atoms with Gasteiger partial charge in [-0.3, -0.25) is 4.79 Å². The fraction of sp³-hybridized carbons (Fsp3) is 0.500. The second-order valence-electron chi connectivity index (χ2n) is 5.02. The number of hydrogen-bond acceptors (Lipinski definition) is 3. The third kappa shape index (κ3) is 2.61. The summed E-state index contributed by atoms with van der Waals surface area (Å²) < 4.78 is 5.76. The van der Waals surface area contributed by atoms with Crippen molar-refractivity contribution in [3.8, 4) is 0 Å². The molecule has 1 amide bonds.